The summed E-state index contributed by atoms with van der Waals surface area (Å²) in [7, 11) is 0.959. The highest BCUT2D eigenvalue weighted by Gasteiger charge is 2.18. The standard InChI is InChI=1S/C9H20N4O2S/c1-8(7-15-2)11-9(12-10)13-3-5-16(14)6-4-13/h8H,3-7,10H2,1-2H3,(H,11,12). The largest absolute Gasteiger partial charge is 0.382 e. The van der Waals surface area contributed by atoms with Crippen LogP contribution in [0.1, 0.15) is 6.92 Å². The van der Waals surface area contributed by atoms with Crippen molar-refractivity contribution in [1.82, 2.24) is 10.3 Å². The number of aliphatic imine (C=N–C) groups is 1. The van der Waals surface area contributed by atoms with Crippen molar-refractivity contribution in [3.63, 3.8) is 0 Å². The van der Waals surface area contributed by atoms with Gasteiger partial charge in [-0.15, -0.1) is 0 Å². The monoisotopic (exact) mass is 248 g/mol. The Morgan fingerprint density at radius 2 is 2.25 bits per heavy atom. The number of nitrogens with one attached hydrogen (secondary N) is 1. The van der Waals surface area contributed by atoms with Gasteiger partial charge in [-0.2, -0.15) is 0 Å². The van der Waals surface area contributed by atoms with Crippen LogP contribution >= 0.6 is 0 Å². The van der Waals surface area contributed by atoms with Gasteiger partial charge in [0.25, 0.3) is 0 Å². The molecular weight excluding hydrogens is 228 g/mol. The molecule has 16 heavy (non-hydrogen) atoms. The molecule has 0 saturated carbocycles. The summed E-state index contributed by atoms with van der Waals surface area (Å²) < 4.78 is 16.2. The Balaban J connectivity index is 2.55. The first-order valence-corrected chi connectivity index (χ1v) is 6.79. The lowest BCUT2D eigenvalue weighted by Crippen LogP contribution is -2.50. The Morgan fingerprint density at radius 3 is 2.75 bits per heavy atom. The van der Waals surface area contributed by atoms with Gasteiger partial charge in [-0.05, 0) is 6.92 Å². The number of methoxy groups -OCH3 is 1. The quantitative estimate of drug-likeness (QED) is 0.287. The van der Waals surface area contributed by atoms with Gasteiger partial charge in [0.05, 0.1) is 12.6 Å². The topological polar surface area (TPSA) is 80.0 Å². The SMILES string of the molecule is COCC(C)N=C(NN)N1CCS(=O)CC1. The highest BCUT2D eigenvalue weighted by molar-refractivity contribution is 7.85. The molecule has 0 spiro atoms. The normalized spacial score (nSPS) is 20.9. The van der Waals surface area contributed by atoms with E-state index < -0.39 is 10.8 Å². The fourth-order valence-corrected chi connectivity index (χ4v) is 2.60. The first-order valence-electron chi connectivity index (χ1n) is 5.30. The number of hydrogen-bond donors (Lipinski definition) is 2. The minimum atomic E-state index is -0.685. The minimum Gasteiger partial charge on any atom is -0.382 e. The van der Waals surface area contributed by atoms with Crippen LogP contribution in [0.4, 0.5) is 0 Å². The Morgan fingerprint density at radius 1 is 1.62 bits per heavy atom. The molecule has 94 valence electrons. The first-order chi connectivity index (χ1) is 7.67. The van der Waals surface area contributed by atoms with E-state index in [1.54, 1.807) is 7.11 Å². The predicted octanol–water partition coefficient (Wildman–Crippen LogP) is -1.10. The summed E-state index contributed by atoms with van der Waals surface area (Å²) in [6, 6.07) is 0.0588. The van der Waals surface area contributed by atoms with Gasteiger partial charge in [0.1, 0.15) is 0 Å². The molecule has 1 saturated heterocycles. The van der Waals surface area contributed by atoms with Crippen molar-refractivity contribution in [2.75, 3.05) is 38.3 Å². The van der Waals surface area contributed by atoms with Gasteiger partial charge in [-0.3, -0.25) is 9.63 Å². The van der Waals surface area contributed by atoms with Crippen LogP contribution in [-0.2, 0) is 15.5 Å². The van der Waals surface area contributed by atoms with Crippen LogP contribution in [0.25, 0.3) is 0 Å². The second kappa shape index (κ2) is 6.82. The molecule has 0 radical (unpaired) electrons. The van der Waals surface area contributed by atoms with Crippen LogP contribution in [0.5, 0.6) is 0 Å². The number of guanidine groups is 1. The number of hydrogen-bond acceptors (Lipinski definition) is 4. The molecule has 1 atom stereocenters. The van der Waals surface area contributed by atoms with E-state index in [1.165, 1.54) is 0 Å². The molecule has 0 aromatic heterocycles. The van der Waals surface area contributed by atoms with Crippen molar-refractivity contribution in [2.45, 2.75) is 13.0 Å². The van der Waals surface area contributed by atoms with E-state index >= 15 is 0 Å². The summed E-state index contributed by atoms with van der Waals surface area (Å²) in [5.74, 6) is 7.46. The molecular formula is C9H20N4O2S. The number of rotatable bonds is 3. The van der Waals surface area contributed by atoms with Gasteiger partial charge in [0, 0.05) is 42.5 Å². The third-order valence-electron chi connectivity index (χ3n) is 2.36. The second-order valence-electron chi connectivity index (χ2n) is 3.74. The summed E-state index contributed by atoms with van der Waals surface area (Å²) in [6.45, 7) is 3.98. The van der Waals surface area contributed by atoms with E-state index in [2.05, 4.69) is 10.4 Å². The maximum Gasteiger partial charge on any atom is 0.208 e. The molecule has 1 unspecified atom stereocenters. The summed E-state index contributed by atoms with van der Waals surface area (Å²) in [6.07, 6.45) is 0. The lowest BCUT2D eigenvalue weighted by atomic mass is 10.4. The highest BCUT2D eigenvalue weighted by Crippen LogP contribution is 2.01. The summed E-state index contributed by atoms with van der Waals surface area (Å²) >= 11 is 0. The van der Waals surface area contributed by atoms with Crippen LogP contribution in [-0.4, -0.2) is 59.4 Å². The van der Waals surface area contributed by atoms with Crippen LogP contribution in [0.3, 0.4) is 0 Å². The first kappa shape index (κ1) is 13.4. The van der Waals surface area contributed by atoms with Crippen molar-refractivity contribution in [1.29, 1.82) is 0 Å². The van der Waals surface area contributed by atoms with E-state index in [0.29, 0.717) is 24.1 Å². The maximum absolute atomic E-state index is 11.2. The number of ether oxygens (including phenoxy) is 1. The van der Waals surface area contributed by atoms with Gasteiger partial charge in [0.2, 0.25) is 5.96 Å². The van der Waals surface area contributed by atoms with E-state index in [9.17, 15) is 4.21 Å². The summed E-state index contributed by atoms with van der Waals surface area (Å²) in [4.78, 5) is 6.44. The summed E-state index contributed by atoms with van der Waals surface area (Å²) in [5.41, 5.74) is 2.60. The molecule has 0 amide bonds. The maximum atomic E-state index is 11.2. The molecule has 7 heteroatoms. The van der Waals surface area contributed by atoms with Gasteiger partial charge in [0.15, 0.2) is 0 Å². The Hall–Kier alpha value is -0.660. The highest BCUT2D eigenvalue weighted by atomic mass is 32.2. The molecule has 0 bridgehead atoms. The number of nitrogens with two attached hydrogens (primary N) is 1. The lowest BCUT2D eigenvalue weighted by Gasteiger charge is -2.29. The Kier molecular flexibility index (Phi) is 5.72. The fourth-order valence-electron chi connectivity index (χ4n) is 1.55. The van der Waals surface area contributed by atoms with Crippen molar-refractivity contribution in [3.8, 4) is 0 Å². The lowest BCUT2D eigenvalue weighted by molar-refractivity contribution is 0.185. The average molecular weight is 248 g/mol. The van der Waals surface area contributed by atoms with Crippen LogP contribution in [0.15, 0.2) is 4.99 Å². The zero-order chi connectivity index (χ0) is 12.0. The van der Waals surface area contributed by atoms with Crippen molar-refractivity contribution in [2.24, 2.45) is 10.8 Å². The number of nitrogens with zero attached hydrogens (tertiary/aromatic N) is 2. The molecule has 1 aliphatic rings. The molecule has 3 N–H and O–H groups in total. The summed E-state index contributed by atoms with van der Waals surface area (Å²) in [5, 5.41) is 0. The van der Waals surface area contributed by atoms with Crippen molar-refractivity contribution < 1.29 is 8.95 Å². The van der Waals surface area contributed by atoms with Crippen LogP contribution < -0.4 is 11.3 Å². The van der Waals surface area contributed by atoms with Crippen molar-refractivity contribution in [3.05, 3.63) is 0 Å². The molecule has 0 aliphatic carbocycles. The molecule has 1 rings (SSSR count). The van der Waals surface area contributed by atoms with Gasteiger partial charge >= 0.3 is 0 Å². The van der Waals surface area contributed by atoms with Crippen LogP contribution in [0, 0.1) is 0 Å². The van der Waals surface area contributed by atoms with E-state index in [1.807, 2.05) is 11.8 Å². The molecule has 0 aromatic carbocycles. The molecule has 0 aromatic rings. The van der Waals surface area contributed by atoms with Gasteiger partial charge < -0.3 is 9.64 Å². The molecule has 1 fully saturated rings. The molecule has 1 heterocycles. The Labute approximate surface area is 98.7 Å². The van der Waals surface area contributed by atoms with E-state index in [-0.39, 0.29) is 6.04 Å². The number of hydrazine groups is 1. The second-order valence-corrected chi connectivity index (χ2v) is 5.43. The Bertz CT molecular complexity index is 262. The van der Waals surface area contributed by atoms with Gasteiger partial charge in [-0.25, -0.2) is 10.8 Å². The third-order valence-corrected chi connectivity index (χ3v) is 3.63. The van der Waals surface area contributed by atoms with E-state index in [0.717, 1.165) is 13.1 Å². The zero-order valence-electron chi connectivity index (χ0n) is 9.81. The van der Waals surface area contributed by atoms with E-state index in [4.69, 9.17) is 10.6 Å². The zero-order valence-corrected chi connectivity index (χ0v) is 10.6. The van der Waals surface area contributed by atoms with Gasteiger partial charge in [-0.1, -0.05) is 0 Å². The van der Waals surface area contributed by atoms with Crippen LogP contribution in [0.2, 0.25) is 0 Å². The smallest absolute Gasteiger partial charge is 0.208 e. The average Bonchev–Trinajstić information content (AvgIpc) is 2.27. The van der Waals surface area contributed by atoms with Crippen molar-refractivity contribution >= 4 is 16.8 Å². The molecule has 6 nitrogen and oxygen atoms in total. The third kappa shape index (κ3) is 4.07. The predicted molar refractivity (Wildman–Crippen MR) is 65.5 cm³/mol. The molecule has 1 aliphatic heterocycles. The minimum absolute atomic E-state index is 0.0588. The fraction of sp³-hybridized carbons (Fsp3) is 0.889.